The Balaban J connectivity index is 1.76. The van der Waals surface area contributed by atoms with Gasteiger partial charge in [-0.3, -0.25) is 4.79 Å². The Morgan fingerprint density at radius 3 is 2.70 bits per heavy atom. The molecular weight excluding hydrogens is 288 g/mol. The molecule has 116 valence electrons. The first kappa shape index (κ1) is 15.0. The maximum atomic E-state index is 12.3. The molecule has 0 aliphatic heterocycles. The van der Waals surface area contributed by atoms with Gasteiger partial charge in [0.15, 0.2) is 5.69 Å². The Labute approximate surface area is 134 Å². The molecule has 0 saturated carbocycles. The monoisotopic (exact) mass is 306 g/mol. The third-order valence-electron chi connectivity index (χ3n) is 3.54. The van der Waals surface area contributed by atoms with Crippen molar-refractivity contribution in [1.82, 2.24) is 9.78 Å². The van der Waals surface area contributed by atoms with E-state index in [9.17, 15) is 4.79 Å². The second-order valence-corrected chi connectivity index (χ2v) is 5.34. The lowest BCUT2D eigenvalue weighted by atomic mass is 10.2. The highest BCUT2D eigenvalue weighted by Crippen LogP contribution is 2.13. The van der Waals surface area contributed by atoms with Gasteiger partial charge in [0.2, 0.25) is 0 Å². The number of nitrogens with two attached hydrogens (primary N) is 1. The largest absolute Gasteiger partial charge is 0.326 e. The zero-order chi connectivity index (χ0) is 16.2. The molecule has 3 N–H and O–H groups in total. The Bertz CT molecular complexity index is 821. The van der Waals surface area contributed by atoms with Gasteiger partial charge in [0.05, 0.1) is 5.69 Å². The molecule has 1 aromatic heterocycles. The summed E-state index contributed by atoms with van der Waals surface area (Å²) in [6, 6.07) is 17.1. The fourth-order valence-corrected chi connectivity index (χ4v) is 2.26. The van der Waals surface area contributed by atoms with E-state index in [-0.39, 0.29) is 5.91 Å². The Morgan fingerprint density at radius 2 is 1.96 bits per heavy atom. The van der Waals surface area contributed by atoms with E-state index in [4.69, 9.17) is 5.73 Å². The number of carbonyl (C=O) groups is 1. The fourth-order valence-electron chi connectivity index (χ4n) is 2.26. The standard InChI is InChI=1S/C18H18N4O/c1-13-5-7-16(8-6-13)22-10-9-17(21-22)18(23)20-15-4-2-3-14(11-15)12-19/h2-11H,12,19H2,1H3,(H,20,23). The zero-order valence-corrected chi connectivity index (χ0v) is 12.9. The average molecular weight is 306 g/mol. The van der Waals surface area contributed by atoms with Crippen LogP contribution in [0.3, 0.4) is 0 Å². The summed E-state index contributed by atoms with van der Waals surface area (Å²) in [6.45, 7) is 2.47. The third-order valence-corrected chi connectivity index (χ3v) is 3.54. The molecule has 0 spiro atoms. The van der Waals surface area contributed by atoms with Crippen LogP contribution in [0.5, 0.6) is 0 Å². The van der Waals surface area contributed by atoms with Crippen LogP contribution >= 0.6 is 0 Å². The van der Waals surface area contributed by atoms with Crippen molar-refractivity contribution in [3.05, 3.63) is 77.6 Å². The molecule has 0 bridgehead atoms. The molecule has 23 heavy (non-hydrogen) atoms. The molecular formula is C18H18N4O. The topological polar surface area (TPSA) is 72.9 Å². The van der Waals surface area contributed by atoms with E-state index in [1.165, 1.54) is 5.56 Å². The van der Waals surface area contributed by atoms with Crippen molar-refractivity contribution < 1.29 is 4.79 Å². The summed E-state index contributed by atoms with van der Waals surface area (Å²) < 4.78 is 1.69. The summed E-state index contributed by atoms with van der Waals surface area (Å²) >= 11 is 0. The first-order valence-corrected chi connectivity index (χ1v) is 7.39. The number of rotatable bonds is 4. The van der Waals surface area contributed by atoms with Gasteiger partial charge in [-0.05, 0) is 42.8 Å². The smallest absolute Gasteiger partial charge is 0.276 e. The quantitative estimate of drug-likeness (QED) is 0.778. The molecule has 0 aliphatic carbocycles. The van der Waals surface area contributed by atoms with Crippen molar-refractivity contribution in [2.45, 2.75) is 13.5 Å². The number of amides is 1. The predicted octanol–water partition coefficient (Wildman–Crippen LogP) is 2.89. The molecule has 5 heteroatoms. The summed E-state index contributed by atoms with van der Waals surface area (Å²) in [5.74, 6) is -0.245. The molecule has 3 rings (SSSR count). The number of anilines is 1. The number of carbonyl (C=O) groups excluding carboxylic acids is 1. The zero-order valence-electron chi connectivity index (χ0n) is 12.9. The molecule has 0 atom stereocenters. The first-order valence-electron chi connectivity index (χ1n) is 7.39. The maximum Gasteiger partial charge on any atom is 0.276 e. The molecule has 0 radical (unpaired) electrons. The highest BCUT2D eigenvalue weighted by atomic mass is 16.1. The van der Waals surface area contributed by atoms with E-state index < -0.39 is 0 Å². The van der Waals surface area contributed by atoms with Crippen LogP contribution in [0, 0.1) is 6.92 Å². The Morgan fingerprint density at radius 1 is 1.17 bits per heavy atom. The maximum absolute atomic E-state index is 12.3. The van der Waals surface area contributed by atoms with Crippen LogP contribution in [0.1, 0.15) is 21.6 Å². The van der Waals surface area contributed by atoms with E-state index in [1.807, 2.05) is 55.5 Å². The Hall–Kier alpha value is -2.92. The number of benzene rings is 2. The van der Waals surface area contributed by atoms with Crippen LogP contribution in [-0.4, -0.2) is 15.7 Å². The van der Waals surface area contributed by atoms with Gasteiger partial charge in [-0.15, -0.1) is 0 Å². The van der Waals surface area contributed by atoms with Crippen molar-refractivity contribution >= 4 is 11.6 Å². The van der Waals surface area contributed by atoms with Crippen LogP contribution < -0.4 is 11.1 Å². The molecule has 5 nitrogen and oxygen atoms in total. The highest BCUT2D eigenvalue weighted by molar-refractivity contribution is 6.02. The minimum absolute atomic E-state index is 0.245. The van der Waals surface area contributed by atoms with E-state index in [2.05, 4.69) is 10.4 Å². The van der Waals surface area contributed by atoms with Gasteiger partial charge in [0.25, 0.3) is 5.91 Å². The number of aromatic nitrogens is 2. The minimum Gasteiger partial charge on any atom is -0.326 e. The average Bonchev–Trinajstić information content (AvgIpc) is 3.06. The van der Waals surface area contributed by atoms with Gasteiger partial charge in [-0.25, -0.2) is 4.68 Å². The molecule has 1 amide bonds. The second-order valence-electron chi connectivity index (χ2n) is 5.34. The lowest BCUT2D eigenvalue weighted by Crippen LogP contribution is -2.13. The highest BCUT2D eigenvalue weighted by Gasteiger charge is 2.10. The van der Waals surface area contributed by atoms with Crippen molar-refractivity contribution in [3.63, 3.8) is 0 Å². The summed E-state index contributed by atoms with van der Waals surface area (Å²) in [6.07, 6.45) is 1.77. The number of nitrogens with one attached hydrogen (secondary N) is 1. The van der Waals surface area contributed by atoms with E-state index in [0.29, 0.717) is 17.9 Å². The van der Waals surface area contributed by atoms with E-state index in [0.717, 1.165) is 11.3 Å². The molecule has 3 aromatic rings. The minimum atomic E-state index is -0.245. The summed E-state index contributed by atoms with van der Waals surface area (Å²) in [5.41, 5.74) is 9.75. The number of hydrogen-bond donors (Lipinski definition) is 2. The van der Waals surface area contributed by atoms with Gasteiger partial charge < -0.3 is 11.1 Å². The molecule has 0 unspecified atom stereocenters. The van der Waals surface area contributed by atoms with Crippen LogP contribution in [0.15, 0.2) is 60.8 Å². The van der Waals surface area contributed by atoms with Crippen LogP contribution in [0.25, 0.3) is 5.69 Å². The van der Waals surface area contributed by atoms with Crippen molar-refractivity contribution in [3.8, 4) is 5.69 Å². The summed E-state index contributed by atoms with van der Waals surface area (Å²) in [7, 11) is 0. The van der Waals surface area contributed by atoms with Crippen molar-refractivity contribution in [2.75, 3.05) is 5.32 Å². The van der Waals surface area contributed by atoms with Gasteiger partial charge in [-0.1, -0.05) is 29.8 Å². The van der Waals surface area contributed by atoms with Crippen LogP contribution in [0.4, 0.5) is 5.69 Å². The lowest BCUT2D eigenvalue weighted by molar-refractivity contribution is 0.102. The molecule has 0 fully saturated rings. The van der Waals surface area contributed by atoms with Crippen LogP contribution in [0.2, 0.25) is 0 Å². The number of hydrogen-bond acceptors (Lipinski definition) is 3. The predicted molar refractivity (Wildman–Crippen MR) is 90.6 cm³/mol. The number of nitrogens with zero attached hydrogens (tertiary/aromatic N) is 2. The van der Waals surface area contributed by atoms with Crippen molar-refractivity contribution in [2.24, 2.45) is 5.73 Å². The molecule has 1 heterocycles. The SMILES string of the molecule is Cc1ccc(-n2ccc(C(=O)Nc3cccc(CN)c3)n2)cc1. The van der Waals surface area contributed by atoms with Gasteiger partial charge in [-0.2, -0.15) is 5.10 Å². The number of aryl methyl sites for hydroxylation is 1. The fraction of sp³-hybridized carbons (Fsp3) is 0.111. The Kier molecular flexibility index (Phi) is 4.21. The molecule has 0 saturated heterocycles. The molecule has 0 aliphatic rings. The second kappa shape index (κ2) is 6.46. The normalized spacial score (nSPS) is 10.5. The lowest BCUT2D eigenvalue weighted by Gasteiger charge is -2.05. The van der Waals surface area contributed by atoms with Gasteiger partial charge in [0.1, 0.15) is 0 Å². The van der Waals surface area contributed by atoms with Gasteiger partial charge >= 0.3 is 0 Å². The molecule has 2 aromatic carbocycles. The van der Waals surface area contributed by atoms with E-state index in [1.54, 1.807) is 16.9 Å². The van der Waals surface area contributed by atoms with E-state index >= 15 is 0 Å². The van der Waals surface area contributed by atoms with Crippen LogP contribution in [-0.2, 0) is 6.54 Å². The van der Waals surface area contributed by atoms with Crippen molar-refractivity contribution in [1.29, 1.82) is 0 Å². The summed E-state index contributed by atoms with van der Waals surface area (Å²) in [5, 5.41) is 7.17. The third kappa shape index (κ3) is 3.46. The first-order chi connectivity index (χ1) is 11.2. The van der Waals surface area contributed by atoms with Gasteiger partial charge in [0, 0.05) is 18.4 Å². The summed E-state index contributed by atoms with van der Waals surface area (Å²) in [4.78, 5) is 12.3.